The Kier molecular flexibility index (Phi) is 4.90. The maximum absolute atomic E-state index is 11.3. The first-order valence-corrected chi connectivity index (χ1v) is 5.19. The monoisotopic (exact) mass is 210 g/mol. The van der Waals surface area contributed by atoms with Crippen molar-refractivity contribution in [2.45, 2.75) is 26.3 Å². The molecule has 0 unspecified atom stereocenters. The highest BCUT2D eigenvalue weighted by molar-refractivity contribution is 5.75. The lowest BCUT2D eigenvalue weighted by Gasteiger charge is -2.02. The summed E-state index contributed by atoms with van der Waals surface area (Å²) in [6.45, 7) is 3.23. The van der Waals surface area contributed by atoms with Crippen LogP contribution in [0.1, 0.15) is 24.4 Å². The van der Waals surface area contributed by atoms with Crippen LogP contribution in [0, 0.1) is 6.92 Å². The molecular formula is C11H18N2O2. The molecule has 0 aliphatic carbocycles. The van der Waals surface area contributed by atoms with E-state index in [1.54, 1.807) is 0 Å². The number of carbonyl (C=O) groups is 1. The molecular weight excluding hydrogens is 192 g/mol. The number of hydrogen-bond donors (Lipinski definition) is 2. The average Bonchev–Trinajstić information content (AvgIpc) is 2.62. The van der Waals surface area contributed by atoms with Crippen LogP contribution in [0.15, 0.2) is 16.5 Å². The zero-order chi connectivity index (χ0) is 11.1. The summed E-state index contributed by atoms with van der Waals surface area (Å²) in [6.07, 6.45) is 1.42. The number of nitrogens with one attached hydrogen (secondary N) is 2. The molecule has 4 nitrogen and oxygen atoms in total. The predicted octanol–water partition coefficient (Wildman–Crippen LogP) is 1.20. The molecule has 0 atom stereocenters. The van der Waals surface area contributed by atoms with Gasteiger partial charge in [0.2, 0.25) is 5.91 Å². The van der Waals surface area contributed by atoms with E-state index in [9.17, 15) is 4.79 Å². The third-order valence-corrected chi connectivity index (χ3v) is 2.09. The van der Waals surface area contributed by atoms with E-state index in [0.717, 1.165) is 24.5 Å². The largest absolute Gasteiger partial charge is 0.465 e. The molecule has 1 amide bonds. The second-order valence-corrected chi connectivity index (χ2v) is 3.50. The topological polar surface area (TPSA) is 54.3 Å². The first kappa shape index (κ1) is 11.8. The molecule has 0 radical (unpaired) electrons. The predicted molar refractivity (Wildman–Crippen MR) is 58.5 cm³/mol. The van der Waals surface area contributed by atoms with Crippen LogP contribution in [0.25, 0.3) is 0 Å². The average molecular weight is 210 g/mol. The quantitative estimate of drug-likeness (QED) is 0.694. The molecule has 84 valence electrons. The van der Waals surface area contributed by atoms with Gasteiger partial charge in [0.25, 0.3) is 0 Å². The van der Waals surface area contributed by atoms with Crippen molar-refractivity contribution < 1.29 is 9.21 Å². The number of aryl methyl sites for hydroxylation is 1. The summed E-state index contributed by atoms with van der Waals surface area (Å²) in [6, 6.07) is 3.77. The highest BCUT2D eigenvalue weighted by atomic mass is 16.3. The minimum atomic E-state index is 0.0688. The van der Waals surface area contributed by atoms with E-state index in [4.69, 9.17) is 4.42 Å². The maximum atomic E-state index is 11.3. The van der Waals surface area contributed by atoms with E-state index in [1.807, 2.05) is 26.1 Å². The van der Waals surface area contributed by atoms with Gasteiger partial charge in [0.1, 0.15) is 11.5 Å². The first-order valence-electron chi connectivity index (χ1n) is 5.19. The zero-order valence-corrected chi connectivity index (χ0v) is 9.30. The molecule has 0 aliphatic heterocycles. The second kappa shape index (κ2) is 6.24. The number of hydrogen-bond acceptors (Lipinski definition) is 3. The number of furan rings is 1. The molecule has 0 aromatic carbocycles. The van der Waals surface area contributed by atoms with Gasteiger partial charge in [-0.3, -0.25) is 4.79 Å². The Morgan fingerprint density at radius 3 is 2.87 bits per heavy atom. The van der Waals surface area contributed by atoms with Gasteiger partial charge in [-0.25, -0.2) is 0 Å². The Morgan fingerprint density at radius 1 is 1.47 bits per heavy atom. The lowest BCUT2D eigenvalue weighted by Crippen LogP contribution is -2.23. The van der Waals surface area contributed by atoms with Gasteiger partial charge in [-0.05, 0) is 39.1 Å². The van der Waals surface area contributed by atoms with Crippen molar-refractivity contribution in [2.75, 3.05) is 13.6 Å². The van der Waals surface area contributed by atoms with Crippen LogP contribution in [0.5, 0.6) is 0 Å². The van der Waals surface area contributed by atoms with Gasteiger partial charge in [-0.2, -0.15) is 0 Å². The van der Waals surface area contributed by atoms with Crippen LogP contribution in [0.4, 0.5) is 0 Å². The van der Waals surface area contributed by atoms with Crippen LogP contribution < -0.4 is 10.6 Å². The van der Waals surface area contributed by atoms with E-state index in [0.29, 0.717) is 13.0 Å². The molecule has 0 bridgehead atoms. The smallest absolute Gasteiger partial charge is 0.220 e. The summed E-state index contributed by atoms with van der Waals surface area (Å²) in [5, 5.41) is 5.81. The molecule has 1 aromatic heterocycles. The van der Waals surface area contributed by atoms with Crippen molar-refractivity contribution in [3.63, 3.8) is 0 Å². The summed E-state index contributed by atoms with van der Waals surface area (Å²) in [5.41, 5.74) is 0. The highest BCUT2D eigenvalue weighted by Crippen LogP contribution is 2.05. The van der Waals surface area contributed by atoms with Crippen molar-refractivity contribution in [3.8, 4) is 0 Å². The Morgan fingerprint density at radius 2 is 2.27 bits per heavy atom. The van der Waals surface area contributed by atoms with E-state index < -0.39 is 0 Å². The summed E-state index contributed by atoms with van der Waals surface area (Å²) in [5.74, 6) is 1.74. The van der Waals surface area contributed by atoms with Crippen LogP contribution in [-0.4, -0.2) is 19.5 Å². The summed E-state index contributed by atoms with van der Waals surface area (Å²) in [7, 11) is 1.88. The number of amides is 1. The van der Waals surface area contributed by atoms with Crippen molar-refractivity contribution in [2.24, 2.45) is 0 Å². The van der Waals surface area contributed by atoms with Crippen LogP contribution in [0.3, 0.4) is 0 Å². The first-order chi connectivity index (χ1) is 7.22. The SMILES string of the molecule is CNCCCC(=O)NCc1ccc(C)o1. The van der Waals surface area contributed by atoms with Crippen molar-refractivity contribution in [1.29, 1.82) is 0 Å². The molecule has 0 saturated heterocycles. The number of carbonyl (C=O) groups excluding carboxylic acids is 1. The Hall–Kier alpha value is -1.29. The van der Waals surface area contributed by atoms with Gasteiger partial charge in [-0.1, -0.05) is 0 Å². The van der Waals surface area contributed by atoms with E-state index in [1.165, 1.54) is 0 Å². The third-order valence-electron chi connectivity index (χ3n) is 2.09. The van der Waals surface area contributed by atoms with Crippen molar-refractivity contribution in [3.05, 3.63) is 23.7 Å². The van der Waals surface area contributed by atoms with Gasteiger partial charge in [0.15, 0.2) is 0 Å². The Labute approximate surface area is 90.0 Å². The number of rotatable bonds is 6. The lowest BCUT2D eigenvalue weighted by atomic mass is 10.3. The van der Waals surface area contributed by atoms with Gasteiger partial charge < -0.3 is 15.1 Å². The third kappa shape index (κ3) is 4.65. The Balaban J connectivity index is 2.16. The van der Waals surface area contributed by atoms with Gasteiger partial charge >= 0.3 is 0 Å². The molecule has 2 N–H and O–H groups in total. The van der Waals surface area contributed by atoms with E-state index in [-0.39, 0.29) is 5.91 Å². The minimum absolute atomic E-state index is 0.0688. The molecule has 0 saturated carbocycles. The second-order valence-electron chi connectivity index (χ2n) is 3.50. The standard InChI is InChI=1S/C11H18N2O2/c1-9-5-6-10(15-9)8-13-11(14)4-3-7-12-2/h5-6,12H,3-4,7-8H2,1-2H3,(H,13,14). The fourth-order valence-electron chi connectivity index (χ4n) is 1.28. The fourth-order valence-corrected chi connectivity index (χ4v) is 1.28. The normalized spacial score (nSPS) is 10.3. The summed E-state index contributed by atoms with van der Waals surface area (Å²) >= 11 is 0. The molecule has 0 fully saturated rings. The fraction of sp³-hybridized carbons (Fsp3) is 0.545. The molecule has 4 heteroatoms. The summed E-state index contributed by atoms with van der Waals surface area (Å²) < 4.78 is 5.33. The lowest BCUT2D eigenvalue weighted by molar-refractivity contribution is -0.121. The van der Waals surface area contributed by atoms with Crippen LogP contribution >= 0.6 is 0 Å². The van der Waals surface area contributed by atoms with Crippen molar-refractivity contribution in [1.82, 2.24) is 10.6 Å². The van der Waals surface area contributed by atoms with E-state index >= 15 is 0 Å². The highest BCUT2D eigenvalue weighted by Gasteiger charge is 2.02. The zero-order valence-electron chi connectivity index (χ0n) is 9.30. The van der Waals surface area contributed by atoms with Crippen LogP contribution in [-0.2, 0) is 11.3 Å². The van der Waals surface area contributed by atoms with Crippen molar-refractivity contribution >= 4 is 5.91 Å². The molecule has 0 aliphatic rings. The minimum Gasteiger partial charge on any atom is -0.465 e. The van der Waals surface area contributed by atoms with Gasteiger partial charge in [-0.15, -0.1) is 0 Å². The Bertz CT molecular complexity index is 307. The molecule has 15 heavy (non-hydrogen) atoms. The summed E-state index contributed by atoms with van der Waals surface area (Å²) in [4.78, 5) is 11.3. The molecule has 1 rings (SSSR count). The van der Waals surface area contributed by atoms with Gasteiger partial charge in [0.05, 0.1) is 6.54 Å². The molecule has 0 spiro atoms. The van der Waals surface area contributed by atoms with E-state index in [2.05, 4.69) is 10.6 Å². The maximum Gasteiger partial charge on any atom is 0.220 e. The molecule has 1 aromatic rings. The van der Waals surface area contributed by atoms with Gasteiger partial charge in [0, 0.05) is 6.42 Å². The van der Waals surface area contributed by atoms with Crippen LogP contribution in [0.2, 0.25) is 0 Å². The molecule has 1 heterocycles.